The van der Waals surface area contributed by atoms with Crippen LogP contribution in [0.25, 0.3) is 10.9 Å². The van der Waals surface area contributed by atoms with Gasteiger partial charge in [-0.25, -0.2) is 4.79 Å². The van der Waals surface area contributed by atoms with Gasteiger partial charge in [0.25, 0.3) is 0 Å². The maximum atomic E-state index is 13.7. The zero-order valence-electron chi connectivity index (χ0n) is 22.5. The minimum atomic E-state index is -1.27. The summed E-state index contributed by atoms with van der Waals surface area (Å²) in [6.45, 7) is 5.66. The molecule has 1 heterocycles. The van der Waals surface area contributed by atoms with Crippen LogP contribution in [0.5, 0.6) is 5.75 Å². The average molecular weight is 617 g/mol. The van der Waals surface area contributed by atoms with Gasteiger partial charge in [0.1, 0.15) is 24.1 Å². The smallest absolute Gasteiger partial charge is 0.352 e. The summed E-state index contributed by atoms with van der Waals surface area (Å²) >= 11 is 18.3. The number of hydrogen-bond donors (Lipinski definition) is 3. The molecule has 0 fully saturated rings. The highest BCUT2D eigenvalue weighted by molar-refractivity contribution is 6.35. The van der Waals surface area contributed by atoms with E-state index in [0.29, 0.717) is 43.7 Å². The van der Waals surface area contributed by atoms with Crippen LogP contribution in [0, 0.1) is 0 Å². The molecule has 4 aromatic rings. The largest absolute Gasteiger partial charge is 0.489 e. The molecule has 2 amide bonds. The fourth-order valence-electron chi connectivity index (χ4n) is 4.42. The van der Waals surface area contributed by atoms with Crippen molar-refractivity contribution in [2.75, 3.05) is 0 Å². The highest BCUT2D eigenvalue weighted by Gasteiger charge is 2.35. The number of carboxylic acids is 1. The van der Waals surface area contributed by atoms with Crippen molar-refractivity contribution < 1.29 is 24.2 Å². The van der Waals surface area contributed by atoms with Gasteiger partial charge in [0.05, 0.1) is 0 Å². The Labute approximate surface area is 252 Å². The van der Waals surface area contributed by atoms with Gasteiger partial charge in [0.15, 0.2) is 0 Å². The summed E-state index contributed by atoms with van der Waals surface area (Å²) < 4.78 is 5.84. The van der Waals surface area contributed by atoms with Crippen LogP contribution >= 0.6 is 34.8 Å². The number of amides is 2. The van der Waals surface area contributed by atoms with Crippen LogP contribution in [-0.2, 0) is 22.7 Å². The number of aromatic nitrogens is 1. The van der Waals surface area contributed by atoms with Crippen molar-refractivity contribution in [3.8, 4) is 5.75 Å². The molecule has 4 rings (SSSR count). The highest BCUT2D eigenvalue weighted by Crippen LogP contribution is 2.34. The number of hydrogen-bond acceptors (Lipinski definition) is 4. The van der Waals surface area contributed by atoms with Crippen molar-refractivity contribution in [1.82, 2.24) is 15.2 Å². The molecule has 3 aromatic carbocycles. The number of aromatic carboxylic acids is 1. The molecule has 3 N–H and O–H groups in total. The second-order valence-corrected chi connectivity index (χ2v) is 11.8. The van der Waals surface area contributed by atoms with Crippen molar-refractivity contribution in [3.63, 3.8) is 0 Å². The number of H-pyrrole nitrogens is 1. The van der Waals surface area contributed by atoms with Gasteiger partial charge >= 0.3 is 5.97 Å². The fourth-order valence-corrected chi connectivity index (χ4v) is 5.06. The summed E-state index contributed by atoms with van der Waals surface area (Å²) in [4.78, 5) is 42.5. The molecular formula is C30H28Cl3N3O5. The maximum absolute atomic E-state index is 13.7. The van der Waals surface area contributed by atoms with Crippen LogP contribution in [0.4, 0.5) is 0 Å². The zero-order chi connectivity index (χ0) is 29.9. The van der Waals surface area contributed by atoms with Crippen molar-refractivity contribution in [3.05, 3.63) is 98.1 Å². The van der Waals surface area contributed by atoms with Crippen molar-refractivity contribution in [2.45, 2.75) is 45.5 Å². The van der Waals surface area contributed by atoms with Gasteiger partial charge in [-0.2, -0.15) is 0 Å². The van der Waals surface area contributed by atoms with Crippen LogP contribution in [0.3, 0.4) is 0 Å². The number of nitrogens with one attached hydrogen (secondary N) is 2. The molecule has 8 nitrogen and oxygen atoms in total. The number of ether oxygens (including phenoxy) is 1. The average Bonchev–Trinajstić information content (AvgIpc) is 3.26. The van der Waals surface area contributed by atoms with E-state index in [1.54, 1.807) is 81.4 Å². The van der Waals surface area contributed by atoms with Gasteiger partial charge in [-0.15, -0.1) is 0 Å². The van der Waals surface area contributed by atoms with E-state index in [2.05, 4.69) is 10.3 Å². The van der Waals surface area contributed by atoms with Crippen LogP contribution in [0.15, 0.2) is 60.7 Å². The first-order valence-corrected chi connectivity index (χ1v) is 13.7. The lowest BCUT2D eigenvalue weighted by molar-refractivity contribution is -0.134. The number of carbonyl (C=O) groups excluding carboxylic acids is 2. The Kier molecular flexibility index (Phi) is 9.17. The second-order valence-electron chi connectivity index (χ2n) is 10.5. The molecule has 41 heavy (non-hydrogen) atoms. The van der Waals surface area contributed by atoms with Gasteiger partial charge in [0.2, 0.25) is 12.3 Å². The first-order chi connectivity index (χ1) is 19.4. The van der Waals surface area contributed by atoms with E-state index in [-0.39, 0.29) is 24.4 Å². The Morgan fingerprint density at radius 1 is 1.02 bits per heavy atom. The van der Waals surface area contributed by atoms with E-state index in [1.165, 1.54) is 4.90 Å². The first kappa shape index (κ1) is 30.2. The normalized spacial score (nSPS) is 12.1. The van der Waals surface area contributed by atoms with Crippen LogP contribution in [-0.4, -0.2) is 38.8 Å². The Morgan fingerprint density at radius 3 is 2.29 bits per heavy atom. The third-order valence-electron chi connectivity index (χ3n) is 6.20. The third kappa shape index (κ3) is 7.33. The molecule has 214 valence electrons. The molecule has 11 heteroatoms. The first-order valence-electron chi connectivity index (χ1n) is 12.6. The number of halogens is 3. The molecular weight excluding hydrogens is 589 g/mol. The quantitative estimate of drug-likeness (QED) is 0.166. The number of aromatic amines is 1. The van der Waals surface area contributed by atoms with Crippen molar-refractivity contribution in [1.29, 1.82) is 0 Å². The summed E-state index contributed by atoms with van der Waals surface area (Å²) in [6.07, 6.45) is 0.542. The van der Waals surface area contributed by atoms with Crippen LogP contribution in [0.1, 0.15) is 54.0 Å². The van der Waals surface area contributed by atoms with E-state index in [9.17, 15) is 19.5 Å². The van der Waals surface area contributed by atoms with Gasteiger partial charge in [-0.1, -0.05) is 59.1 Å². The standard InChI is InChI=1S/C30H28Cl3N3O5/c1-30(2,3)35-28(38)27(25-22-11-8-20(32)13-24(22)34-26(25)29(39)40)36(16-37)14-17-4-9-21(10-5-17)41-15-18-6-7-19(31)12-23(18)33/h4-13,16,27,34H,14-15H2,1-3H3,(H,35,38)(H,39,40). The molecule has 0 aliphatic heterocycles. The molecule has 0 aliphatic carbocycles. The predicted octanol–water partition coefficient (Wildman–Crippen LogP) is 7.02. The van der Waals surface area contributed by atoms with Gasteiger partial charge in [-0.05, 0) is 62.7 Å². The minimum absolute atomic E-state index is 0.0222. The summed E-state index contributed by atoms with van der Waals surface area (Å²) in [5.74, 6) is -1.22. The number of nitrogens with zero attached hydrogens (tertiary/aromatic N) is 1. The third-order valence-corrected chi connectivity index (χ3v) is 7.02. The SMILES string of the molecule is CC(C)(C)NC(=O)C(c1c(C(=O)O)[nH]c2cc(Cl)ccc12)N(C=O)Cc1ccc(OCc2ccc(Cl)cc2Cl)cc1. The number of fused-ring (bicyclic) bond motifs is 1. The number of rotatable bonds is 10. The van der Waals surface area contributed by atoms with Crippen LogP contribution < -0.4 is 10.1 Å². The maximum Gasteiger partial charge on any atom is 0.352 e. The molecule has 1 unspecified atom stereocenters. The van der Waals surface area contributed by atoms with E-state index >= 15 is 0 Å². The van der Waals surface area contributed by atoms with Gasteiger partial charge in [-0.3, -0.25) is 9.59 Å². The van der Waals surface area contributed by atoms with E-state index in [4.69, 9.17) is 39.5 Å². The zero-order valence-corrected chi connectivity index (χ0v) is 24.8. The fraction of sp³-hybridized carbons (Fsp3) is 0.233. The monoisotopic (exact) mass is 615 g/mol. The second kappa shape index (κ2) is 12.4. The molecule has 0 saturated heterocycles. The highest BCUT2D eigenvalue weighted by atomic mass is 35.5. The molecule has 1 atom stereocenters. The van der Waals surface area contributed by atoms with Gasteiger partial charge < -0.3 is 25.0 Å². The topological polar surface area (TPSA) is 112 Å². The minimum Gasteiger partial charge on any atom is -0.489 e. The summed E-state index contributed by atoms with van der Waals surface area (Å²) in [7, 11) is 0. The molecule has 0 spiro atoms. The van der Waals surface area contributed by atoms with E-state index in [1.807, 2.05) is 0 Å². The van der Waals surface area contributed by atoms with Crippen molar-refractivity contribution >= 4 is 64.0 Å². The lowest BCUT2D eigenvalue weighted by Crippen LogP contribution is -2.47. The summed E-state index contributed by atoms with van der Waals surface area (Å²) in [5.41, 5.74) is 1.23. The molecule has 0 aliphatic rings. The Balaban J connectivity index is 1.65. The lowest BCUT2D eigenvalue weighted by atomic mass is 9.98. The Morgan fingerprint density at radius 2 is 1.68 bits per heavy atom. The van der Waals surface area contributed by atoms with Crippen LogP contribution in [0.2, 0.25) is 15.1 Å². The van der Waals surface area contributed by atoms with E-state index < -0.39 is 23.5 Å². The summed E-state index contributed by atoms with van der Waals surface area (Å²) in [5, 5.41) is 14.8. The Bertz CT molecular complexity index is 1600. The van der Waals surface area contributed by atoms with Crippen molar-refractivity contribution in [2.24, 2.45) is 0 Å². The molecule has 0 bridgehead atoms. The molecule has 0 radical (unpaired) electrons. The van der Waals surface area contributed by atoms with Gasteiger partial charge in [0, 0.05) is 49.2 Å². The molecule has 1 aromatic heterocycles. The lowest BCUT2D eigenvalue weighted by Gasteiger charge is -2.31. The number of carboxylic acid groups (broad SMARTS) is 1. The van der Waals surface area contributed by atoms with E-state index in [0.717, 1.165) is 5.56 Å². The number of carbonyl (C=O) groups is 3. The Hall–Kier alpha value is -3.72. The molecule has 0 saturated carbocycles. The number of benzene rings is 3. The predicted molar refractivity (Wildman–Crippen MR) is 160 cm³/mol. The summed E-state index contributed by atoms with van der Waals surface area (Å²) in [6, 6.07) is 15.7.